The van der Waals surface area contributed by atoms with E-state index in [1.54, 1.807) is 24.4 Å². The lowest BCUT2D eigenvalue weighted by Crippen LogP contribution is -2.23. The minimum Gasteiger partial charge on any atom is -0.490 e. The third-order valence-corrected chi connectivity index (χ3v) is 4.37. The van der Waals surface area contributed by atoms with Crippen molar-refractivity contribution in [1.29, 1.82) is 0 Å². The summed E-state index contributed by atoms with van der Waals surface area (Å²) in [6.07, 6.45) is 0.563. The summed E-state index contributed by atoms with van der Waals surface area (Å²) in [5, 5.41) is 17.3. The molecule has 0 heterocycles. The molecule has 2 rings (SSSR count). The number of carbonyl (C=O) groups is 1. The molecule has 148 valence electrons. The summed E-state index contributed by atoms with van der Waals surface area (Å²) < 4.78 is 10.9. The quantitative estimate of drug-likeness (QED) is 0.378. The Morgan fingerprint density at radius 1 is 1.25 bits per heavy atom. The predicted octanol–water partition coefficient (Wildman–Crippen LogP) is 3.52. The average molecular weight is 401 g/mol. The first kappa shape index (κ1) is 21.3. The molecule has 28 heavy (non-hydrogen) atoms. The van der Waals surface area contributed by atoms with Crippen molar-refractivity contribution < 1.29 is 19.4 Å². The summed E-state index contributed by atoms with van der Waals surface area (Å²) in [5.74, 6) is 0.463. The normalized spacial score (nSPS) is 12.7. The van der Waals surface area contributed by atoms with Crippen LogP contribution < -0.4 is 15.2 Å². The van der Waals surface area contributed by atoms with E-state index in [0.29, 0.717) is 29.0 Å². The SMILES string of the molecule is CCOc1cc(C=NN=C(N)SCc2ccccc2)ccc1OC(C)C(=O)O. The van der Waals surface area contributed by atoms with Gasteiger partial charge in [-0.15, -0.1) is 5.10 Å². The van der Waals surface area contributed by atoms with Crippen LogP contribution in [0.15, 0.2) is 58.7 Å². The third-order valence-electron chi connectivity index (χ3n) is 3.51. The van der Waals surface area contributed by atoms with Gasteiger partial charge in [-0.1, -0.05) is 42.1 Å². The Morgan fingerprint density at radius 2 is 2.00 bits per heavy atom. The minimum atomic E-state index is -1.05. The molecule has 0 fully saturated rings. The Hall–Kier alpha value is -3.00. The summed E-state index contributed by atoms with van der Waals surface area (Å²) in [6, 6.07) is 15.0. The van der Waals surface area contributed by atoms with Crippen molar-refractivity contribution in [2.24, 2.45) is 15.9 Å². The number of thioether (sulfide) groups is 1. The fraction of sp³-hybridized carbons (Fsp3) is 0.250. The van der Waals surface area contributed by atoms with Crippen molar-refractivity contribution in [2.45, 2.75) is 25.7 Å². The Labute approximate surface area is 168 Å². The van der Waals surface area contributed by atoms with Crippen molar-refractivity contribution in [2.75, 3.05) is 6.61 Å². The van der Waals surface area contributed by atoms with E-state index < -0.39 is 12.1 Å². The summed E-state index contributed by atoms with van der Waals surface area (Å²) >= 11 is 1.40. The maximum absolute atomic E-state index is 11.0. The fourth-order valence-corrected chi connectivity index (χ4v) is 2.74. The van der Waals surface area contributed by atoms with Crippen molar-refractivity contribution in [3.05, 3.63) is 59.7 Å². The van der Waals surface area contributed by atoms with Crippen LogP contribution in [-0.2, 0) is 10.5 Å². The first-order chi connectivity index (χ1) is 13.5. The van der Waals surface area contributed by atoms with E-state index in [1.165, 1.54) is 18.7 Å². The maximum Gasteiger partial charge on any atom is 0.344 e. The highest BCUT2D eigenvalue weighted by molar-refractivity contribution is 8.13. The van der Waals surface area contributed by atoms with Crippen molar-refractivity contribution in [1.82, 2.24) is 0 Å². The Kier molecular flexibility index (Phi) is 8.36. The van der Waals surface area contributed by atoms with Gasteiger partial charge in [0.2, 0.25) is 0 Å². The Bertz CT molecular complexity index is 841. The molecule has 8 heteroatoms. The van der Waals surface area contributed by atoms with E-state index >= 15 is 0 Å². The van der Waals surface area contributed by atoms with Crippen LogP contribution in [-0.4, -0.2) is 35.2 Å². The van der Waals surface area contributed by atoms with Crippen LogP contribution in [0, 0.1) is 0 Å². The highest BCUT2D eigenvalue weighted by Crippen LogP contribution is 2.29. The van der Waals surface area contributed by atoms with Crippen LogP contribution in [0.2, 0.25) is 0 Å². The standard InChI is InChI=1S/C20H23N3O4S/c1-3-26-18-11-16(9-10-17(18)27-14(2)19(24)25)12-22-23-20(21)28-13-15-7-5-4-6-8-15/h4-12,14H,3,13H2,1-2H3,(H2,21,23)(H,24,25). The molecule has 2 aromatic rings. The van der Waals surface area contributed by atoms with Gasteiger partial charge in [0.05, 0.1) is 12.8 Å². The zero-order chi connectivity index (χ0) is 20.4. The van der Waals surface area contributed by atoms with Crippen LogP contribution in [0.5, 0.6) is 11.5 Å². The molecule has 0 bridgehead atoms. The third kappa shape index (κ3) is 6.96. The number of hydrogen-bond acceptors (Lipinski definition) is 6. The van der Waals surface area contributed by atoms with Gasteiger partial charge in [0.15, 0.2) is 22.8 Å². The molecule has 0 aromatic heterocycles. The lowest BCUT2D eigenvalue weighted by molar-refractivity contribution is -0.144. The molecule has 0 amide bonds. The van der Waals surface area contributed by atoms with Crippen LogP contribution in [0.3, 0.4) is 0 Å². The van der Waals surface area contributed by atoms with Crippen LogP contribution in [0.25, 0.3) is 0 Å². The number of hydrogen-bond donors (Lipinski definition) is 2. The molecular weight excluding hydrogens is 378 g/mol. The number of amidine groups is 1. The van der Waals surface area contributed by atoms with Crippen LogP contribution in [0.4, 0.5) is 0 Å². The number of carboxylic acid groups (broad SMARTS) is 1. The molecule has 7 nitrogen and oxygen atoms in total. The van der Waals surface area contributed by atoms with Gasteiger partial charge >= 0.3 is 5.97 Å². The molecule has 3 N–H and O–H groups in total. The number of nitrogens with zero attached hydrogens (tertiary/aromatic N) is 2. The van der Waals surface area contributed by atoms with E-state index in [-0.39, 0.29) is 0 Å². The molecule has 0 spiro atoms. The van der Waals surface area contributed by atoms with E-state index in [9.17, 15) is 4.79 Å². The zero-order valence-corrected chi connectivity index (χ0v) is 16.6. The number of carboxylic acids is 1. The number of ether oxygens (including phenoxy) is 2. The maximum atomic E-state index is 11.0. The minimum absolute atomic E-state index is 0.357. The highest BCUT2D eigenvalue weighted by Gasteiger charge is 2.15. The van der Waals surface area contributed by atoms with Crippen molar-refractivity contribution >= 4 is 29.1 Å². The second-order valence-electron chi connectivity index (χ2n) is 5.69. The topological polar surface area (TPSA) is 107 Å². The van der Waals surface area contributed by atoms with E-state index in [4.69, 9.17) is 20.3 Å². The van der Waals surface area contributed by atoms with Gasteiger partial charge in [-0.2, -0.15) is 5.10 Å². The number of benzene rings is 2. The van der Waals surface area contributed by atoms with Gasteiger partial charge in [-0.05, 0) is 43.2 Å². The molecule has 0 radical (unpaired) electrons. The zero-order valence-electron chi connectivity index (χ0n) is 15.7. The molecule has 0 saturated carbocycles. The first-order valence-corrected chi connectivity index (χ1v) is 9.67. The summed E-state index contributed by atoms with van der Waals surface area (Å²) in [6.45, 7) is 3.71. The van der Waals surface area contributed by atoms with Crippen LogP contribution in [0.1, 0.15) is 25.0 Å². The van der Waals surface area contributed by atoms with Gasteiger partial charge in [-0.3, -0.25) is 0 Å². The lowest BCUT2D eigenvalue weighted by Gasteiger charge is -2.14. The highest BCUT2D eigenvalue weighted by atomic mass is 32.2. The smallest absolute Gasteiger partial charge is 0.344 e. The summed E-state index contributed by atoms with van der Waals surface area (Å²) in [4.78, 5) is 11.0. The fourth-order valence-electron chi connectivity index (χ4n) is 2.12. The second kappa shape index (κ2) is 11.0. The molecular formula is C20H23N3O4S. The molecule has 2 aromatic carbocycles. The van der Waals surface area contributed by atoms with Crippen LogP contribution >= 0.6 is 11.8 Å². The monoisotopic (exact) mass is 401 g/mol. The Balaban J connectivity index is 2.01. The van der Waals surface area contributed by atoms with Gasteiger partial charge in [-0.25, -0.2) is 4.79 Å². The van der Waals surface area contributed by atoms with E-state index in [1.807, 2.05) is 37.3 Å². The molecule has 1 unspecified atom stereocenters. The average Bonchev–Trinajstić information content (AvgIpc) is 2.69. The Morgan fingerprint density at radius 3 is 2.68 bits per heavy atom. The van der Waals surface area contributed by atoms with Gasteiger partial charge in [0.25, 0.3) is 0 Å². The molecule has 1 atom stereocenters. The van der Waals surface area contributed by atoms with Gasteiger partial charge in [0, 0.05) is 5.75 Å². The molecule has 0 saturated heterocycles. The van der Waals surface area contributed by atoms with E-state index in [0.717, 1.165) is 11.1 Å². The van der Waals surface area contributed by atoms with Gasteiger partial charge < -0.3 is 20.3 Å². The number of nitrogens with two attached hydrogens (primary N) is 1. The summed E-state index contributed by atoms with van der Waals surface area (Å²) in [5.41, 5.74) is 7.75. The molecule has 0 aliphatic carbocycles. The van der Waals surface area contributed by atoms with Crippen molar-refractivity contribution in [3.63, 3.8) is 0 Å². The largest absolute Gasteiger partial charge is 0.490 e. The number of aliphatic carboxylic acids is 1. The van der Waals surface area contributed by atoms with Gasteiger partial charge in [0.1, 0.15) is 0 Å². The number of rotatable bonds is 9. The first-order valence-electron chi connectivity index (χ1n) is 8.69. The summed E-state index contributed by atoms with van der Waals surface area (Å²) in [7, 11) is 0. The van der Waals surface area contributed by atoms with Crippen molar-refractivity contribution in [3.8, 4) is 11.5 Å². The predicted molar refractivity (Wildman–Crippen MR) is 112 cm³/mol. The second-order valence-corrected chi connectivity index (χ2v) is 6.69. The molecule has 0 aliphatic rings. The lowest BCUT2D eigenvalue weighted by atomic mass is 10.2. The molecule has 0 aliphatic heterocycles. The van der Waals surface area contributed by atoms with E-state index in [2.05, 4.69) is 10.2 Å².